The predicted molar refractivity (Wildman–Crippen MR) is 107 cm³/mol. The van der Waals surface area contributed by atoms with Gasteiger partial charge in [-0.3, -0.25) is 14.4 Å². The number of Topliss-reactive ketones (excluding diaryl/α,β-unsaturated/α-hetero) is 1. The monoisotopic (exact) mass is 404 g/mol. The fourth-order valence-electron chi connectivity index (χ4n) is 2.70. The lowest BCUT2D eigenvalue weighted by atomic mass is 10.2. The van der Waals surface area contributed by atoms with Crippen LogP contribution in [0.5, 0.6) is 0 Å². The Morgan fingerprint density at radius 3 is 2.59 bits per heavy atom. The number of ether oxygens (including phenoxy) is 1. The molecule has 3 aromatic rings. The van der Waals surface area contributed by atoms with E-state index in [4.69, 9.17) is 4.74 Å². The molecular formula is C19H20N2O4S2. The Balaban J connectivity index is 1.65. The van der Waals surface area contributed by atoms with Gasteiger partial charge in [-0.05, 0) is 45.4 Å². The van der Waals surface area contributed by atoms with Crippen LogP contribution in [0.2, 0.25) is 0 Å². The minimum atomic E-state index is -0.698. The number of esters is 1. The number of H-pyrrole nitrogens is 1. The van der Waals surface area contributed by atoms with Crippen LogP contribution < -0.4 is 5.56 Å². The van der Waals surface area contributed by atoms with E-state index in [2.05, 4.69) is 9.97 Å². The lowest BCUT2D eigenvalue weighted by molar-refractivity contribution is -0.148. The number of thiophene rings is 2. The van der Waals surface area contributed by atoms with Gasteiger partial charge < -0.3 is 9.72 Å². The molecular weight excluding hydrogens is 384 g/mol. The van der Waals surface area contributed by atoms with Crippen LogP contribution in [-0.2, 0) is 9.53 Å². The lowest BCUT2D eigenvalue weighted by Crippen LogP contribution is -2.17. The average molecular weight is 405 g/mol. The molecule has 3 rings (SSSR count). The minimum Gasteiger partial charge on any atom is -0.454 e. The third-order valence-electron chi connectivity index (χ3n) is 4.32. The Labute approximate surface area is 164 Å². The van der Waals surface area contributed by atoms with Crippen molar-refractivity contribution in [1.82, 2.24) is 9.97 Å². The van der Waals surface area contributed by atoms with Crippen molar-refractivity contribution >= 4 is 44.6 Å². The molecule has 0 radical (unpaired) electrons. The maximum Gasteiger partial charge on any atom is 0.306 e. The molecule has 0 saturated heterocycles. The van der Waals surface area contributed by atoms with Crippen LogP contribution in [0.4, 0.5) is 0 Å². The molecule has 0 aliphatic carbocycles. The third-order valence-corrected chi connectivity index (χ3v) is 6.46. The maximum absolute atomic E-state index is 12.3. The van der Waals surface area contributed by atoms with Crippen molar-refractivity contribution in [2.45, 2.75) is 46.6 Å². The molecule has 0 bridgehead atoms. The second-order valence-corrected chi connectivity index (χ2v) is 8.87. The molecule has 0 aromatic carbocycles. The van der Waals surface area contributed by atoms with Crippen molar-refractivity contribution in [2.24, 2.45) is 0 Å². The summed E-state index contributed by atoms with van der Waals surface area (Å²) in [5.74, 6) is -0.261. The highest BCUT2D eigenvalue weighted by Crippen LogP contribution is 2.27. The zero-order valence-electron chi connectivity index (χ0n) is 15.5. The molecule has 0 aliphatic rings. The normalized spacial score (nSPS) is 12.3. The molecule has 0 spiro atoms. The third kappa shape index (κ3) is 4.17. The van der Waals surface area contributed by atoms with E-state index < -0.39 is 12.1 Å². The highest BCUT2D eigenvalue weighted by Gasteiger charge is 2.19. The molecule has 6 nitrogen and oxygen atoms in total. The number of fused-ring (bicyclic) bond motifs is 1. The van der Waals surface area contributed by atoms with Gasteiger partial charge in [-0.25, -0.2) is 4.98 Å². The summed E-state index contributed by atoms with van der Waals surface area (Å²) in [4.78, 5) is 47.0. The van der Waals surface area contributed by atoms with Crippen molar-refractivity contribution < 1.29 is 14.3 Å². The number of nitrogens with one attached hydrogen (secondary N) is 1. The fraction of sp³-hybridized carbons (Fsp3) is 0.368. The summed E-state index contributed by atoms with van der Waals surface area (Å²) < 4.78 is 5.35. The molecule has 27 heavy (non-hydrogen) atoms. The second kappa shape index (κ2) is 7.74. The lowest BCUT2D eigenvalue weighted by Gasteiger charge is -2.12. The Hall–Kier alpha value is -2.32. The number of aromatic amines is 1. The van der Waals surface area contributed by atoms with Gasteiger partial charge in [0.15, 0.2) is 17.7 Å². The van der Waals surface area contributed by atoms with Crippen LogP contribution in [-0.4, -0.2) is 21.7 Å². The van der Waals surface area contributed by atoms with Crippen molar-refractivity contribution in [1.29, 1.82) is 0 Å². The Morgan fingerprint density at radius 1 is 1.19 bits per heavy atom. The van der Waals surface area contributed by atoms with Crippen LogP contribution in [0.15, 0.2) is 16.9 Å². The van der Waals surface area contributed by atoms with E-state index in [9.17, 15) is 14.4 Å². The number of aryl methyl sites for hydroxylation is 3. The number of hydrogen-bond acceptors (Lipinski definition) is 7. The van der Waals surface area contributed by atoms with E-state index in [1.165, 1.54) is 22.7 Å². The van der Waals surface area contributed by atoms with E-state index in [1.54, 1.807) is 13.0 Å². The second-order valence-electron chi connectivity index (χ2n) is 6.38. The van der Waals surface area contributed by atoms with Gasteiger partial charge in [-0.1, -0.05) is 0 Å². The highest BCUT2D eigenvalue weighted by atomic mass is 32.1. The molecule has 3 heterocycles. The Kier molecular flexibility index (Phi) is 5.57. The standard InChI is InChI=1S/C19H20N2O4S2/c1-9-5-7-14(26-9)13(22)6-8-15(23)25-11(3)17-20-18(24)16-10(2)12(4)27-19(16)21-17/h5,7,11H,6,8H2,1-4H3,(H,20,21,24)/t11-/m0/s1. The average Bonchev–Trinajstić information content (AvgIpc) is 3.16. The van der Waals surface area contributed by atoms with Gasteiger partial charge in [-0.15, -0.1) is 22.7 Å². The van der Waals surface area contributed by atoms with Crippen molar-refractivity contribution in [3.63, 3.8) is 0 Å². The zero-order valence-corrected chi connectivity index (χ0v) is 17.2. The number of carbonyl (C=O) groups excluding carboxylic acids is 2. The SMILES string of the molecule is Cc1ccc(C(=O)CCC(=O)O[C@@H](C)c2nc3sc(C)c(C)c3c(=O)[nH]2)s1. The van der Waals surface area contributed by atoms with Crippen LogP contribution in [0.25, 0.3) is 10.2 Å². The largest absolute Gasteiger partial charge is 0.454 e. The molecule has 1 N–H and O–H groups in total. The number of carbonyl (C=O) groups is 2. The summed E-state index contributed by atoms with van der Waals surface area (Å²) in [6, 6.07) is 3.65. The summed E-state index contributed by atoms with van der Waals surface area (Å²) in [6.45, 7) is 7.41. The van der Waals surface area contributed by atoms with Gasteiger partial charge >= 0.3 is 5.97 Å². The van der Waals surface area contributed by atoms with Crippen molar-refractivity contribution in [2.75, 3.05) is 0 Å². The molecule has 3 aromatic heterocycles. The number of aromatic nitrogens is 2. The van der Waals surface area contributed by atoms with Crippen LogP contribution in [0, 0.1) is 20.8 Å². The van der Waals surface area contributed by atoms with Crippen molar-refractivity contribution in [3.8, 4) is 0 Å². The van der Waals surface area contributed by atoms with Gasteiger partial charge in [0.1, 0.15) is 4.83 Å². The van der Waals surface area contributed by atoms with Gasteiger partial charge in [0.25, 0.3) is 5.56 Å². The first kappa shape index (κ1) is 19.4. The van der Waals surface area contributed by atoms with E-state index in [-0.39, 0.29) is 24.2 Å². The molecule has 0 unspecified atom stereocenters. The molecule has 0 amide bonds. The Bertz CT molecular complexity index is 1080. The zero-order chi connectivity index (χ0) is 19.7. The van der Waals surface area contributed by atoms with Gasteiger partial charge in [-0.2, -0.15) is 0 Å². The van der Waals surface area contributed by atoms with Crippen LogP contribution in [0.3, 0.4) is 0 Å². The maximum atomic E-state index is 12.3. The van der Waals surface area contributed by atoms with Gasteiger partial charge in [0, 0.05) is 16.2 Å². The summed E-state index contributed by atoms with van der Waals surface area (Å²) in [6.07, 6.45) is -0.613. The minimum absolute atomic E-state index is 0.0101. The summed E-state index contributed by atoms with van der Waals surface area (Å²) in [5, 5.41) is 0.580. The smallest absolute Gasteiger partial charge is 0.306 e. The molecule has 8 heteroatoms. The quantitative estimate of drug-likeness (QED) is 0.490. The first-order chi connectivity index (χ1) is 12.8. The first-order valence-corrected chi connectivity index (χ1v) is 10.2. The van der Waals surface area contributed by atoms with Gasteiger partial charge in [0.05, 0.1) is 16.7 Å². The molecule has 0 saturated carbocycles. The number of ketones is 1. The Morgan fingerprint density at radius 2 is 1.93 bits per heavy atom. The topological polar surface area (TPSA) is 89.1 Å². The van der Waals surface area contributed by atoms with Gasteiger partial charge in [0.2, 0.25) is 0 Å². The van der Waals surface area contributed by atoms with E-state index >= 15 is 0 Å². The predicted octanol–water partition coefficient (Wildman–Crippen LogP) is 4.24. The van der Waals surface area contributed by atoms with Crippen LogP contribution >= 0.6 is 22.7 Å². The summed E-state index contributed by atoms with van der Waals surface area (Å²) in [7, 11) is 0. The fourth-order valence-corrected chi connectivity index (χ4v) is 4.57. The summed E-state index contributed by atoms with van der Waals surface area (Å²) in [5.41, 5.74) is 0.685. The van der Waals surface area contributed by atoms with Crippen molar-refractivity contribution in [3.05, 3.63) is 48.5 Å². The van der Waals surface area contributed by atoms with E-state index in [0.717, 1.165) is 15.3 Å². The highest BCUT2D eigenvalue weighted by molar-refractivity contribution is 7.18. The number of rotatable bonds is 6. The molecule has 0 fully saturated rings. The molecule has 1 atom stereocenters. The number of hydrogen-bond donors (Lipinski definition) is 1. The van der Waals surface area contributed by atoms with Crippen LogP contribution in [0.1, 0.15) is 56.7 Å². The van der Waals surface area contributed by atoms with E-state index in [1.807, 2.05) is 26.8 Å². The van der Waals surface area contributed by atoms with E-state index in [0.29, 0.717) is 20.9 Å². The number of nitrogens with zero attached hydrogens (tertiary/aromatic N) is 1. The summed E-state index contributed by atoms with van der Waals surface area (Å²) >= 11 is 2.86. The molecule has 0 aliphatic heterocycles. The first-order valence-electron chi connectivity index (χ1n) is 8.55. The molecule has 142 valence electrons.